The van der Waals surface area contributed by atoms with Crippen LogP contribution in [-0.4, -0.2) is 20.9 Å². The van der Waals surface area contributed by atoms with Crippen molar-refractivity contribution >= 4 is 34.6 Å². The summed E-state index contributed by atoms with van der Waals surface area (Å²) < 4.78 is 15.8. The molecule has 1 fully saturated rings. The monoisotopic (exact) mass is 380 g/mol. The summed E-state index contributed by atoms with van der Waals surface area (Å²) in [6.45, 7) is 4.13. The van der Waals surface area contributed by atoms with Gasteiger partial charge in [0.05, 0.1) is 23.6 Å². The summed E-state index contributed by atoms with van der Waals surface area (Å²) >= 11 is 11.6. The predicted octanol–water partition coefficient (Wildman–Crippen LogP) is 4.57. The van der Waals surface area contributed by atoms with Crippen LogP contribution in [0.15, 0.2) is 18.2 Å². The number of aromatic nitrogens is 2. The molecule has 0 amide bonds. The van der Waals surface area contributed by atoms with Gasteiger partial charge in [0.25, 0.3) is 0 Å². The number of aryl methyl sites for hydroxylation is 1. The lowest BCUT2D eigenvalue weighted by Gasteiger charge is -2.16. The zero-order chi connectivity index (χ0) is 18.0. The third-order valence-corrected chi connectivity index (χ3v) is 5.25. The van der Waals surface area contributed by atoms with Crippen molar-refractivity contribution in [3.63, 3.8) is 0 Å². The van der Waals surface area contributed by atoms with E-state index >= 15 is 0 Å². The Morgan fingerprint density at radius 2 is 2.08 bits per heavy atom. The highest BCUT2D eigenvalue weighted by Crippen LogP contribution is 2.25. The van der Waals surface area contributed by atoms with Crippen molar-refractivity contribution in [1.29, 1.82) is 0 Å². The van der Waals surface area contributed by atoms with E-state index in [4.69, 9.17) is 23.8 Å². The summed E-state index contributed by atoms with van der Waals surface area (Å²) in [4.78, 5) is 0. The SMILES string of the molecule is Cc1nn(Cc2c(F)cccc2Cl)c(C)c1NC(=S)NC1CCCC1. The average Bonchev–Trinajstić information content (AvgIpc) is 3.15. The van der Waals surface area contributed by atoms with Gasteiger partial charge in [-0.25, -0.2) is 4.39 Å². The van der Waals surface area contributed by atoms with Crippen molar-refractivity contribution in [1.82, 2.24) is 15.1 Å². The second kappa shape index (κ2) is 7.70. The van der Waals surface area contributed by atoms with Crippen molar-refractivity contribution in [3.8, 4) is 0 Å². The maximum Gasteiger partial charge on any atom is 0.171 e. The highest BCUT2D eigenvalue weighted by molar-refractivity contribution is 7.80. The molecule has 0 bridgehead atoms. The average molecular weight is 381 g/mol. The first-order valence-electron chi connectivity index (χ1n) is 8.50. The van der Waals surface area contributed by atoms with E-state index in [9.17, 15) is 4.39 Å². The smallest absolute Gasteiger partial charge is 0.171 e. The van der Waals surface area contributed by atoms with Gasteiger partial charge in [-0.1, -0.05) is 30.5 Å². The molecule has 0 saturated heterocycles. The molecular weight excluding hydrogens is 359 g/mol. The molecular formula is C18H22ClFN4S. The Balaban J connectivity index is 1.75. The van der Waals surface area contributed by atoms with Gasteiger partial charge in [-0.3, -0.25) is 4.68 Å². The first kappa shape index (κ1) is 18.1. The minimum atomic E-state index is -0.326. The summed E-state index contributed by atoms with van der Waals surface area (Å²) in [6.07, 6.45) is 4.81. The number of nitrogens with zero attached hydrogens (tertiary/aromatic N) is 2. The van der Waals surface area contributed by atoms with Crippen LogP contribution in [-0.2, 0) is 6.54 Å². The van der Waals surface area contributed by atoms with Gasteiger partial charge in [0.2, 0.25) is 0 Å². The molecule has 3 rings (SSSR count). The number of thiocarbonyl (C=S) groups is 1. The van der Waals surface area contributed by atoms with Gasteiger partial charge in [0, 0.05) is 16.6 Å². The topological polar surface area (TPSA) is 41.9 Å². The third-order valence-electron chi connectivity index (χ3n) is 4.68. The lowest BCUT2D eigenvalue weighted by atomic mass is 10.2. The van der Waals surface area contributed by atoms with Crippen LogP contribution < -0.4 is 10.6 Å². The van der Waals surface area contributed by atoms with E-state index < -0.39 is 0 Å². The number of nitrogens with one attached hydrogen (secondary N) is 2. The van der Waals surface area contributed by atoms with Crippen molar-refractivity contribution in [3.05, 3.63) is 46.0 Å². The van der Waals surface area contributed by atoms with Crippen LogP contribution >= 0.6 is 23.8 Å². The van der Waals surface area contributed by atoms with Crippen molar-refractivity contribution < 1.29 is 4.39 Å². The maximum absolute atomic E-state index is 14.0. The Kier molecular flexibility index (Phi) is 5.59. The summed E-state index contributed by atoms with van der Waals surface area (Å²) in [5.41, 5.74) is 3.02. The van der Waals surface area contributed by atoms with E-state index in [0.29, 0.717) is 21.7 Å². The zero-order valence-corrected chi connectivity index (χ0v) is 16.0. The Bertz CT molecular complexity index is 763. The molecule has 1 aromatic carbocycles. The highest BCUT2D eigenvalue weighted by atomic mass is 35.5. The fourth-order valence-electron chi connectivity index (χ4n) is 3.27. The number of rotatable bonds is 4. The van der Waals surface area contributed by atoms with E-state index in [-0.39, 0.29) is 12.4 Å². The largest absolute Gasteiger partial charge is 0.360 e. The van der Waals surface area contributed by atoms with Crippen LogP contribution in [0.3, 0.4) is 0 Å². The molecule has 134 valence electrons. The van der Waals surface area contributed by atoms with Gasteiger partial charge in [-0.05, 0) is 51.0 Å². The fraction of sp³-hybridized carbons (Fsp3) is 0.444. The van der Waals surface area contributed by atoms with Gasteiger partial charge in [-0.2, -0.15) is 5.10 Å². The third kappa shape index (κ3) is 4.12. The van der Waals surface area contributed by atoms with Crippen molar-refractivity contribution in [2.75, 3.05) is 5.32 Å². The fourth-order valence-corrected chi connectivity index (χ4v) is 3.76. The molecule has 1 saturated carbocycles. The second-order valence-corrected chi connectivity index (χ2v) is 7.30. The van der Waals surface area contributed by atoms with E-state index in [1.807, 2.05) is 13.8 Å². The van der Waals surface area contributed by atoms with E-state index in [1.165, 1.54) is 18.9 Å². The Morgan fingerprint density at radius 1 is 1.36 bits per heavy atom. The molecule has 7 heteroatoms. The Labute approximate surface area is 157 Å². The molecule has 0 atom stereocenters. The quantitative estimate of drug-likeness (QED) is 0.762. The Hall–Kier alpha value is -1.66. The van der Waals surface area contributed by atoms with Gasteiger partial charge in [0.1, 0.15) is 5.82 Å². The first-order chi connectivity index (χ1) is 12.0. The Morgan fingerprint density at radius 3 is 2.76 bits per heavy atom. The molecule has 2 aromatic rings. The molecule has 1 aliphatic rings. The standard InChI is InChI=1S/C18H22ClFN4S/c1-11-17(22-18(25)21-13-6-3-4-7-13)12(2)24(23-11)10-14-15(19)8-5-9-16(14)20/h5,8-9,13H,3-4,6-7,10H2,1-2H3,(H2,21,22,25). The normalized spacial score (nSPS) is 14.7. The molecule has 1 aromatic heterocycles. The number of hydrogen-bond donors (Lipinski definition) is 2. The van der Waals surface area contributed by atoms with Crippen molar-refractivity contribution in [2.24, 2.45) is 0 Å². The highest BCUT2D eigenvalue weighted by Gasteiger charge is 2.18. The second-order valence-electron chi connectivity index (χ2n) is 6.48. The number of halogens is 2. The molecule has 0 aliphatic heterocycles. The van der Waals surface area contributed by atoms with Crippen molar-refractivity contribution in [2.45, 2.75) is 52.1 Å². The van der Waals surface area contributed by atoms with Crippen LogP contribution in [0.5, 0.6) is 0 Å². The molecule has 1 heterocycles. The first-order valence-corrected chi connectivity index (χ1v) is 9.28. The van der Waals surface area contributed by atoms with Gasteiger partial charge < -0.3 is 10.6 Å². The minimum absolute atomic E-state index is 0.280. The van der Waals surface area contributed by atoms with Gasteiger partial charge >= 0.3 is 0 Å². The van der Waals surface area contributed by atoms with Crippen LogP contribution in [0.2, 0.25) is 5.02 Å². The van der Waals surface area contributed by atoms with Crippen LogP contribution in [0.25, 0.3) is 0 Å². The molecule has 0 unspecified atom stereocenters. The van der Waals surface area contributed by atoms with E-state index in [0.717, 1.165) is 29.9 Å². The van der Waals surface area contributed by atoms with E-state index in [1.54, 1.807) is 16.8 Å². The molecule has 0 radical (unpaired) electrons. The molecule has 25 heavy (non-hydrogen) atoms. The summed E-state index contributed by atoms with van der Waals surface area (Å²) in [7, 11) is 0. The lowest BCUT2D eigenvalue weighted by Crippen LogP contribution is -2.36. The zero-order valence-electron chi connectivity index (χ0n) is 14.4. The van der Waals surface area contributed by atoms with Gasteiger partial charge in [0.15, 0.2) is 5.11 Å². The number of anilines is 1. The molecule has 4 nitrogen and oxygen atoms in total. The summed E-state index contributed by atoms with van der Waals surface area (Å²) in [5.74, 6) is -0.326. The van der Waals surface area contributed by atoms with E-state index in [2.05, 4.69) is 15.7 Å². The number of hydrogen-bond acceptors (Lipinski definition) is 2. The molecule has 0 spiro atoms. The molecule has 1 aliphatic carbocycles. The van der Waals surface area contributed by atoms with Crippen LogP contribution in [0, 0.1) is 19.7 Å². The van der Waals surface area contributed by atoms with Crippen LogP contribution in [0.1, 0.15) is 42.6 Å². The van der Waals surface area contributed by atoms with Gasteiger partial charge in [-0.15, -0.1) is 0 Å². The summed E-state index contributed by atoms with van der Waals surface area (Å²) in [5, 5.41) is 12.1. The van der Waals surface area contributed by atoms with Crippen LogP contribution in [0.4, 0.5) is 10.1 Å². The number of benzene rings is 1. The molecule has 2 N–H and O–H groups in total. The predicted molar refractivity (Wildman–Crippen MR) is 104 cm³/mol. The minimum Gasteiger partial charge on any atom is -0.360 e. The summed E-state index contributed by atoms with van der Waals surface area (Å²) in [6, 6.07) is 5.15. The lowest BCUT2D eigenvalue weighted by molar-refractivity contribution is 0.579. The maximum atomic E-state index is 14.0.